The predicted molar refractivity (Wildman–Crippen MR) is 105 cm³/mol. The van der Waals surface area contributed by atoms with Gasteiger partial charge in [0.1, 0.15) is 29.1 Å². The molecule has 2 aliphatic rings. The molecule has 0 fully saturated rings. The fourth-order valence-electron chi connectivity index (χ4n) is 3.42. The van der Waals surface area contributed by atoms with Crippen LogP contribution in [-0.4, -0.2) is 29.8 Å². The van der Waals surface area contributed by atoms with E-state index in [1.165, 1.54) is 17.0 Å². The van der Waals surface area contributed by atoms with Crippen LogP contribution in [-0.2, 0) is 30.7 Å². The lowest BCUT2D eigenvalue weighted by molar-refractivity contribution is -0.129. The van der Waals surface area contributed by atoms with E-state index in [1.54, 1.807) is 0 Å². The fraction of sp³-hybridized carbons (Fsp3) is 0.350. The standard InChI is InChI=1S/C11H10ClF2NO.C9H9F2N.ClH/c12-5-11(16)15-4-3-7-8(6-15)10(14)2-1-9(7)13;10-8-1-2-9(11)7-5-12-4-3-6(7)8;/h1-2H,3-6H2;1-2,12H,3-5H2;1H. The Morgan fingerprint density at radius 3 is 1.97 bits per heavy atom. The molecule has 1 N–H and O–H groups in total. The summed E-state index contributed by atoms with van der Waals surface area (Å²) in [4.78, 5) is 12.8. The third kappa shape index (κ3) is 5.21. The minimum atomic E-state index is -0.469. The molecule has 4 rings (SSSR count). The highest BCUT2D eigenvalue weighted by atomic mass is 35.5. The summed E-state index contributed by atoms with van der Waals surface area (Å²) in [5.41, 5.74) is 1.67. The normalized spacial score (nSPS) is 14.7. The number of alkyl halides is 1. The Bertz CT molecular complexity index is 864. The first-order valence-electron chi connectivity index (χ1n) is 8.88. The number of halogens is 6. The molecule has 2 aromatic carbocycles. The summed E-state index contributed by atoms with van der Waals surface area (Å²) in [6, 6.07) is 4.58. The van der Waals surface area contributed by atoms with Gasteiger partial charge in [-0.3, -0.25) is 4.79 Å². The molecule has 2 aromatic rings. The summed E-state index contributed by atoms with van der Waals surface area (Å²) >= 11 is 5.42. The smallest absolute Gasteiger partial charge is 0.237 e. The van der Waals surface area contributed by atoms with Gasteiger partial charge in [-0.2, -0.15) is 0 Å². The average molecular weight is 451 g/mol. The molecule has 0 unspecified atom stereocenters. The molecule has 0 spiro atoms. The lowest BCUT2D eigenvalue weighted by Crippen LogP contribution is -2.37. The molecular formula is C20H20Cl2F4N2O. The second-order valence-electron chi connectivity index (χ2n) is 6.60. The highest BCUT2D eigenvalue weighted by molar-refractivity contribution is 6.27. The number of carbonyl (C=O) groups is 1. The fourth-order valence-corrected chi connectivity index (χ4v) is 3.58. The van der Waals surface area contributed by atoms with Crippen LogP contribution < -0.4 is 5.32 Å². The first-order chi connectivity index (χ1) is 13.4. The summed E-state index contributed by atoms with van der Waals surface area (Å²) in [6.45, 7) is 1.66. The van der Waals surface area contributed by atoms with Crippen LogP contribution in [0.3, 0.4) is 0 Å². The minimum Gasteiger partial charge on any atom is -0.337 e. The third-order valence-corrected chi connectivity index (χ3v) is 5.16. The summed E-state index contributed by atoms with van der Waals surface area (Å²) in [7, 11) is 0. The lowest BCUT2D eigenvalue weighted by Gasteiger charge is -2.28. The van der Waals surface area contributed by atoms with Crippen LogP contribution in [0.1, 0.15) is 22.3 Å². The Morgan fingerprint density at radius 2 is 1.41 bits per heavy atom. The van der Waals surface area contributed by atoms with Crippen LogP contribution in [0.2, 0.25) is 0 Å². The van der Waals surface area contributed by atoms with Gasteiger partial charge in [0.15, 0.2) is 0 Å². The van der Waals surface area contributed by atoms with Crippen LogP contribution in [0.25, 0.3) is 0 Å². The van der Waals surface area contributed by atoms with Gasteiger partial charge in [-0.25, -0.2) is 17.6 Å². The molecule has 0 radical (unpaired) electrons. The number of rotatable bonds is 1. The molecule has 0 bridgehead atoms. The maximum atomic E-state index is 13.5. The zero-order valence-electron chi connectivity index (χ0n) is 15.4. The van der Waals surface area contributed by atoms with Gasteiger partial charge < -0.3 is 10.2 Å². The van der Waals surface area contributed by atoms with Crippen LogP contribution in [0.15, 0.2) is 24.3 Å². The monoisotopic (exact) mass is 450 g/mol. The van der Waals surface area contributed by atoms with Gasteiger partial charge in [-0.15, -0.1) is 24.0 Å². The predicted octanol–water partition coefficient (Wildman–Crippen LogP) is 4.12. The Morgan fingerprint density at radius 1 is 0.897 bits per heavy atom. The number of carbonyl (C=O) groups excluding carboxylic acids is 1. The van der Waals surface area contributed by atoms with Gasteiger partial charge >= 0.3 is 0 Å². The quantitative estimate of drug-likeness (QED) is 0.523. The van der Waals surface area contributed by atoms with Crippen molar-refractivity contribution in [2.75, 3.05) is 19.0 Å². The third-order valence-electron chi connectivity index (χ3n) is 4.93. The van der Waals surface area contributed by atoms with E-state index in [0.717, 1.165) is 18.7 Å². The van der Waals surface area contributed by atoms with Gasteiger partial charge in [0, 0.05) is 30.8 Å². The van der Waals surface area contributed by atoms with E-state index in [2.05, 4.69) is 5.32 Å². The lowest BCUT2D eigenvalue weighted by atomic mass is 9.98. The number of benzene rings is 2. The topological polar surface area (TPSA) is 32.3 Å². The van der Waals surface area contributed by atoms with E-state index >= 15 is 0 Å². The van der Waals surface area contributed by atoms with E-state index < -0.39 is 11.6 Å². The largest absolute Gasteiger partial charge is 0.337 e. The second kappa shape index (κ2) is 10.3. The number of amides is 1. The van der Waals surface area contributed by atoms with E-state index in [9.17, 15) is 22.4 Å². The molecule has 9 heteroatoms. The molecule has 1 amide bonds. The Labute approximate surface area is 177 Å². The van der Waals surface area contributed by atoms with E-state index in [-0.39, 0.29) is 47.9 Å². The molecule has 2 heterocycles. The van der Waals surface area contributed by atoms with Gasteiger partial charge in [0.05, 0.1) is 0 Å². The van der Waals surface area contributed by atoms with Crippen molar-refractivity contribution in [2.45, 2.75) is 25.9 Å². The van der Waals surface area contributed by atoms with Crippen LogP contribution >= 0.6 is 24.0 Å². The molecular weight excluding hydrogens is 431 g/mol. The molecule has 29 heavy (non-hydrogen) atoms. The highest BCUT2D eigenvalue weighted by Crippen LogP contribution is 2.24. The Kier molecular flexibility index (Phi) is 8.31. The first-order valence-corrected chi connectivity index (χ1v) is 9.41. The average Bonchev–Trinajstić information content (AvgIpc) is 2.73. The Balaban J connectivity index is 0.000000207. The molecule has 3 nitrogen and oxygen atoms in total. The number of nitrogens with one attached hydrogen (secondary N) is 1. The zero-order valence-corrected chi connectivity index (χ0v) is 17.0. The van der Waals surface area contributed by atoms with Crippen molar-refractivity contribution in [2.24, 2.45) is 0 Å². The summed E-state index contributed by atoms with van der Waals surface area (Å²) in [5, 5.41) is 3.00. The van der Waals surface area contributed by atoms with Gasteiger partial charge in [0.2, 0.25) is 5.91 Å². The maximum Gasteiger partial charge on any atom is 0.237 e. The van der Waals surface area contributed by atoms with Crippen molar-refractivity contribution in [3.05, 3.63) is 69.8 Å². The van der Waals surface area contributed by atoms with Crippen LogP contribution in [0, 0.1) is 23.3 Å². The molecule has 0 saturated heterocycles. The van der Waals surface area contributed by atoms with Crippen LogP contribution in [0.4, 0.5) is 17.6 Å². The molecule has 2 aliphatic heterocycles. The highest BCUT2D eigenvalue weighted by Gasteiger charge is 2.24. The molecule has 0 atom stereocenters. The number of nitrogens with zero attached hydrogens (tertiary/aromatic N) is 1. The van der Waals surface area contributed by atoms with Crippen molar-refractivity contribution >= 4 is 29.9 Å². The molecule has 0 saturated carbocycles. The molecule has 0 aromatic heterocycles. The minimum absolute atomic E-state index is 0. The Hall–Kier alpha value is -1.83. The number of fused-ring (bicyclic) bond motifs is 2. The van der Waals surface area contributed by atoms with Crippen molar-refractivity contribution in [3.8, 4) is 0 Å². The number of hydrogen-bond donors (Lipinski definition) is 1. The van der Waals surface area contributed by atoms with Gasteiger partial charge in [0.25, 0.3) is 0 Å². The van der Waals surface area contributed by atoms with E-state index in [1.807, 2.05) is 0 Å². The second-order valence-corrected chi connectivity index (χ2v) is 6.87. The molecule has 158 valence electrons. The van der Waals surface area contributed by atoms with Crippen LogP contribution in [0.5, 0.6) is 0 Å². The van der Waals surface area contributed by atoms with E-state index in [0.29, 0.717) is 42.6 Å². The first kappa shape index (κ1) is 23.4. The maximum absolute atomic E-state index is 13.5. The van der Waals surface area contributed by atoms with Crippen molar-refractivity contribution in [3.63, 3.8) is 0 Å². The SMILES string of the molecule is Cl.Fc1ccc(F)c2c1CCNC2.O=C(CCl)N1CCc2c(F)ccc(F)c2C1. The molecule has 0 aliphatic carbocycles. The van der Waals surface area contributed by atoms with Gasteiger partial charge in [-0.1, -0.05) is 0 Å². The zero-order chi connectivity index (χ0) is 20.3. The number of hydrogen-bond acceptors (Lipinski definition) is 2. The van der Waals surface area contributed by atoms with Crippen molar-refractivity contribution < 1.29 is 22.4 Å². The summed E-state index contributed by atoms with van der Waals surface area (Å²) in [6.07, 6.45) is 0.917. The van der Waals surface area contributed by atoms with E-state index in [4.69, 9.17) is 11.6 Å². The summed E-state index contributed by atoms with van der Waals surface area (Å²) < 4.78 is 52.9. The van der Waals surface area contributed by atoms with Gasteiger partial charge in [-0.05, 0) is 54.8 Å². The summed E-state index contributed by atoms with van der Waals surface area (Å²) in [5.74, 6) is -1.85. The van der Waals surface area contributed by atoms with Crippen molar-refractivity contribution in [1.82, 2.24) is 10.2 Å². The van der Waals surface area contributed by atoms with Crippen molar-refractivity contribution in [1.29, 1.82) is 0 Å².